The van der Waals surface area contributed by atoms with Gasteiger partial charge in [-0.25, -0.2) is 29.3 Å². The summed E-state index contributed by atoms with van der Waals surface area (Å²) in [5, 5.41) is 25.9. The Hall–Kier alpha value is -7.08. The van der Waals surface area contributed by atoms with Crippen LogP contribution in [0.15, 0.2) is 146 Å². The fraction of sp³-hybridized carbons (Fsp3) is 0.0769. The van der Waals surface area contributed by atoms with E-state index in [4.69, 9.17) is 15.3 Å². The van der Waals surface area contributed by atoms with Gasteiger partial charge in [-0.05, 0) is 34.9 Å². The lowest BCUT2D eigenvalue weighted by Gasteiger charge is -2.02. The molecule has 0 saturated heterocycles. The van der Waals surface area contributed by atoms with Crippen LogP contribution in [0.1, 0.15) is 65.2 Å². The molecule has 0 aliphatic carbocycles. The van der Waals surface area contributed by atoms with Gasteiger partial charge in [-0.15, -0.1) is 0 Å². The molecule has 12 heteroatoms. The maximum absolute atomic E-state index is 10.6. The molecule has 0 aliphatic rings. The maximum Gasteiger partial charge on any atom is 0.336 e. The zero-order chi connectivity index (χ0) is 36.3. The minimum absolute atomic E-state index is 0.266. The van der Waals surface area contributed by atoms with Crippen LogP contribution in [-0.4, -0.2) is 63.1 Å². The molecular weight excluding hydrogens is 648 g/mol. The van der Waals surface area contributed by atoms with E-state index in [9.17, 15) is 14.4 Å². The van der Waals surface area contributed by atoms with Crippen molar-refractivity contribution in [3.05, 3.63) is 197 Å². The van der Waals surface area contributed by atoms with Gasteiger partial charge in [-0.1, -0.05) is 91.0 Å². The molecule has 0 amide bonds. The number of aromatic nitrogens is 6. The van der Waals surface area contributed by atoms with Crippen LogP contribution in [-0.2, 0) is 19.3 Å². The van der Waals surface area contributed by atoms with E-state index < -0.39 is 29.0 Å². The number of H-pyrrole nitrogens is 3. The first-order valence-electron chi connectivity index (χ1n) is 15.7. The normalized spacial score (nSPS) is 9.88. The summed E-state index contributed by atoms with van der Waals surface area (Å²) in [6.07, 6.45) is 13.5. The van der Waals surface area contributed by atoms with Crippen molar-refractivity contribution in [3.8, 4) is 0 Å². The predicted octanol–water partition coefficient (Wildman–Crippen LogP) is 6.78. The maximum atomic E-state index is 10.6. The highest BCUT2D eigenvalue weighted by Gasteiger charge is 2.18. The summed E-state index contributed by atoms with van der Waals surface area (Å²) in [4.78, 5) is 53.4. The summed E-state index contributed by atoms with van der Waals surface area (Å²) in [7, 11) is 0. The second-order valence-electron chi connectivity index (χ2n) is 10.8. The number of hydrogen-bond donors (Lipinski definition) is 6. The van der Waals surface area contributed by atoms with Crippen LogP contribution in [0.2, 0.25) is 0 Å². The van der Waals surface area contributed by atoms with Gasteiger partial charge in [-0.3, -0.25) is 0 Å². The lowest BCUT2D eigenvalue weighted by atomic mass is 10.0. The van der Waals surface area contributed by atoms with E-state index in [0.29, 0.717) is 0 Å². The van der Waals surface area contributed by atoms with Crippen molar-refractivity contribution in [1.82, 2.24) is 29.9 Å². The standard InChI is InChI=1S/3C10H10N2.C9H6O6/c3*1-2-4-9(5-3-1)8-10-11-6-7-12-10;10-7(11)4-1-2-5(8(12)13)6(3-4)9(14)15/h3*1-7H,8H2,(H,11,12);1-3H,(H,10,11)(H,12,13)(H,14,15). The zero-order valence-electron chi connectivity index (χ0n) is 27.4. The van der Waals surface area contributed by atoms with Gasteiger partial charge in [0.15, 0.2) is 0 Å². The Labute approximate surface area is 293 Å². The lowest BCUT2D eigenvalue weighted by Crippen LogP contribution is -2.10. The Balaban J connectivity index is 0.000000153. The highest BCUT2D eigenvalue weighted by Crippen LogP contribution is 2.13. The number of carbonyl (C=O) groups is 3. The molecule has 6 N–H and O–H groups in total. The van der Waals surface area contributed by atoms with E-state index in [1.54, 1.807) is 18.6 Å². The summed E-state index contributed by atoms with van der Waals surface area (Å²) in [6, 6.07) is 33.7. The number of nitrogens with zero attached hydrogens (tertiary/aromatic N) is 3. The number of rotatable bonds is 9. The quantitative estimate of drug-likeness (QED) is 0.0949. The van der Waals surface area contributed by atoms with Gasteiger partial charge in [0.2, 0.25) is 0 Å². The van der Waals surface area contributed by atoms with Crippen molar-refractivity contribution in [1.29, 1.82) is 0 Å². The minimum Gasteiger partial charge on any atom is -0.478 e. The summed E-state index contributed by atoms with van der Waals surface area (Å²) >= 11 is 0. The van der Waals surface area contributed by atoms with E-state index in [1.165, 1.54) is 16.7 Å². The van der Waals surface area contributed by atoms with Gasteiger partial charge in [0, 0.05) is 56.4 Å². The molecule has 0 bridgehead atoms. The van der Waals surface area contributed by atoms with Crippen LogP contribution < -0.4 is 0 Å². The summed E-state index contributed by atoms with van der Waals surface area (Å²) in [5.41, 5.74) is 2.61. The number of carboxylic acid groups (broad SMARTS) is 3. The SMILES string of the molecule is O=C(O)c1ccc(C(=O)O)c(C(=O)O)c1.c1ccc(Cc2ncc[nH]2)cc1.c1ccc(Cc2ncc[nH]2)cc1.c1ccc(Cc2ncc[nH]2)cc1. The smallest absolute Gasteiger partial charge is 0.336 e. The minimum atomic E-state index is -1.48. The molecule has 3 aromatic heterocycles. The first-order valence-corrected chi connectivity index (χ1v) is 15.7. The van der Waals surface area contributed by atoms with E-state index in [0.717, 1.165) is 54.9 Å². The third-order valence-electron chi connectivity index (χ3n) is 7.04. The third-order valence-corrected chi connectivity index (χ3v) is 7.04. The van der Waals surface area contributed by atoms with Gasteiger partial charge in [-0.2, -0.15) is 0 Å². The Morgan fingerprint density at radius 2 is 0.804 bits per heavy atom. The first kappa shape index (κ1) is 36.8. The molecule has 0 unspecified atom stereocenters. The molecule has 51 heavy (non-hydrogen) atoms. The van der Waals surface area contributed by atoms with Crippen molar-refractivity contribution in [3.63, 3.8) is 0 Å². The number of benzene rings is 4. The molecule has 12 nitrogen and oxygen atoms in total. The number of hydrogen-bond acceptors (Lipinski definition) is 6. The van der Waals surface area contributed by atoms with Gasteiger partial charge >= 0.3 is 17.9 Å². The van der Waals surface area contributed by atoms with Crippen molar-refractivity contribution >= 4 is 17.9 Å². The molecule has 0 aliphatic heterocycles. The number of carboxylic acids is 3. The molecule has 0 fully saturated rings. The second kappa shape index (κ2) is 19.7. The zero-order valence-corrected chi connectivity index (χ0v) is 27.4. The van der Waals surface area contributed by atoms with Crippen LogP contribution in [0.4, 0.5) is 0 Å². The molecule has 0 atom stereocenters. The fourth-order valence-corrected chi connectivity index (χ4v) is 4.59. The predicted molar refractivity (Wildman–Crippen MR) is 191 cm³/mol. The van der Waals surface area contributed by atoms with Crippen LogP contribution in [0.3, 0.4) is 0 Å². The fourth-order valence-electron chi connectivity index (χ4n) is 4.59. The van der Waals surface area contributed by atoms with Gasteiger partial charge in [0.05, 0.1) is 16.7 Å². The van der Waals surface area contributed by atoms with Crippen molar-refractivity contribution in [2.75, 3.05) is 0 Å². The Morgan fingerprint density at radius 3 is 1.08 bits per heavy atom. The van der Waals surface area contributed by atoms with Crippen molar-refractivity contribution in [2.45, 2.75) is 19.3 Å². The van der Waals surface area contributed by atoms with Crippen molar-refractivity contribution in [2.24, 2.45) is 0 Å². The van der Waals surface area contributed by atoms with E-state index >= 15 is 0 Å². The van der Waals surface area contributed by atoms with E-state index in [2.05, 4.69) is 66.3 Å². The Morgan fingerprint density at radius 1 is 0.451 bits per heavy atom. The summed E-state index contributed by atoms with van der Waals surface area (Å²) in [5.74, 6) is -1.15. The van der Waals surface area contributed by atoms with Crippen LogP contribution in [0.5, 0.6) is 0 Å². The second-order valence-corrected chi connectivity index (χ2v) is 10.8. The van der Waals surface area contributed by atoms with E-state index in [-0.39, 0.29) is 5.56 Å². The highest BCUT2D eigenvalue weighted by atomic mass is 16.4. The van der Waals surface area contributed by atoms with Crippen LogP contribution in [0, 0.1) is 0 Å². The van der Waals surface area contributed by atoms with E-state index in [1.807, 2.05) is 73.2 Å². The molecule has 3 heterocycles. The van der Waals surface area contributed by atoms with Gasteiger partial charge in [0.25, 0.3) is 0 Å². The number of aromatic amines is 3. The molecule has 0 radical (unpaired) electrons. The third kappa shape index (κ3) is 12.8. The van der Waals surface area contributed by atoms with Gasteiger partial charge < -0.3 is 30.3 Å². The Bertz CT molecular complexity index is 1860. The number of imidazole rings is 3. The summed E-state index contributed by atoms with van der Waals surface area (Å²) in [6.45, 7) is 0. The molecule has 0 spiro atoms. The van der Waals surface area contributed by atoms with Crippen LogP contribution >= 0.6 is 0 Å². The summed E-state index contributed by atoms with van der Waals surface area (Å²) < 4.78 is 0. The lowest BCUT2D eigenvalue weighted by molar-refractivity contribution is 0.0649. The van der Waals surface area contributed by atoms with Gasteiger partial charge in [0.1, 0.15) is 17.5 Å². The first-order chi connectivity index (χ1) is 24.8. The molecule has 258 valence electrons. The molecule has 0 saturated carbocycles. The average molecular weight is 685 g/mol. The molecule has 4 aromatic carbocycles. The average Bonchev–Trinajstić information content (AvgIpc) is 3.96. The monoisotopic (exact) mass is 684 g/mol. The largest absolute Gasteiger partial charge is 0.478 e. The topological polar surface area (TPSA) is 198 Å². The molecule has 7 rings (SSSR count). The highest BCUT2D eigenvalue weighted by molar-refractivity contribution is 6.03. The number of aromatic carboxylic acids is 3. The molecular formula is C39H36N6O6. The Kier molecular flexibility index (Phi) is 14.2. The molecule has 7 aromatic rings. The van der Waals surface area contributed by atoms with Crippen LogP contribution in [0.25, 0.3) is 0 Å². The van der Waals surface area contributed by atoms with Crippen molar-refractivity contribution < 1.29 is 29.7 Å². The number of nitrogens with one attached hydrogen (secondary N) is 3.